The molecule has 6 nitrogen and oxygen atoms in total. The molecule has 10 heteroatoms. The molecular weight excluding hydrogens is 474 g/mol. The molecule has 1 fully saturated rings. The lowest BCUT2D eigenvalue weighted by Crippen LogP contribution is -2.41. The van der Waals surface area contributed by atoms with Gasteiger partial charge in [0.1, 0.15) is 4.32 Å². The monoisotopic (exact) mass is 493 g/mol. The number of carbonyl (C=O) groups is 3. The first-order chi connectivity index (χ1) is 15.0. The van der Waals surface area contributed by atoms with E-state index in [-0.39, 0.29) is 18.2 Å². The number of rotatable bonds is 8. The van der Waals surface area contributed by atoms with Gasteiger partial charge in [0.25, 0.3) is 11.8 Å². The predicted octanol–water partition coefficient (Wildman–Crippen LogP) is 4.62. The van der Waals surface area contributed by atoms with Crippen LogP contribution in [-0.4, -0.2) is 33.5 Å². The second-order valence-corrected chi connectivity index (χ2v) is 9.70. The summed E-state index contributed by atoms with van der Waals surface area (Å²) in [6, 6.07) is 10.5. The third-order valence-electron chi connectivity index (χ3n) is 4.41. The Morgan fingerprint density at radius 2 is 1.90 bits per heavy atom. The van der Waals surface area contributed by atoms with Gasteiger partial charge in [0.15, 0.2) is 0 Å². The molecule has 1 aromatic heterocycles. The number of benzene rings is 1. The summed E-state index contributed by atoms with van der Waals surface area (Å²) in [7, 11) is 0. The van der Waals surface area contributed by atoms with E-state index in [4.69, 9.17) is 23.8 Å². The Labute approximate surface area is 199 Å². The van der Waals surface area contributed by atoms with Crippen molar-refractivity contribution in [1.29, 1.82) is 0 Å². The summed E-state index contributed by atoms with van der Waals surface area (Å²) in [4.78, 5) is 39.8. The van der Waals surface area contributed by atoms with Crippen LogP contribution in [0.25, 0.3) is 6.08 Å². The average Bonchev–Trinajstić information content (AvgIpc) is 3.35. The number of thiocarbonyl (C=S) groups is 1. The first kappa shape index (κ1) is 23.5. The molecule has 162 valence electrons. The molecule has 1 aliphatic heterocycles. The Balaban J connectivity index is 1.34. The summed E-state index contributed by atoms with van der Waals surface area (Å²) in [5.41, 5.74) is 5.04. The molecule has 31 heavy (non-hydrogen) atoms. The Morgan fingerprint density at radius 3 is 2.65 bits per heavy atom. The lowest BCUT2D eigenvalue weighted by molar-refractivity contribution is -0.123. The quantitative estimate of drug-likeness (QED) is 0.243. The number of thiophene rings is 1. The maximum absolute atomic E-state index is 12.5. The van der Waals surface area contributed by atoms with Crippen LogP contribution in [0.5, 0.6) is 0 Å². The Hall–Kier alpha value is -2.20. The molecule has 0 unspecified atom stereocenters. The molecule has 1 aromatic carbocycles. The molecule has 0 bridgehead atoms. The molecule has 2 heterocycles. The molecule has 1 saturated heterocycles. The van der Waals surface area contributed by atoms with Crippen molar-refractivity contribution in [2.75, 3.05) is 6.54 Å². The first-order valence-electron chi connectivity index (χ1n) is 9.58. The van der Waals surface area contributed by atoms with E-state index < -0.39 is 5.91 Å². The second-order valence-electron chi connectivity index (χ2n) is 6.64. The van der Waals surface area contributed by atoms with E-state index in [0.29, 0.717) is 32.8 Å². The van der Waals surface area contributed by atoms with Gasteiger partial charge in [0.05, 0.1) is 15.5 Å². The summed E-state index contributed by atoms with van der Waals surface area (Å²) >= 11 is 14.2. The molecule has 3 amide bonds. The van der Waals surface area contributed by atoms with Gasteiger partial charge >= 0.3 is 0 Å². The van der Waals surface area contributed by atoms with Crippen LogP contribution in [0.3, 0.4) is 0 Å². The van der Waals surface area contributed by atoms with Crippen LogP contribution in [0, 0.1) is 0 Å². The summed E-state index contributed by atoms with van der Waals surface area (Å²) in [5.74, 6) is -0.822. The zero-order valence-corrected chi connectivity index (χ0v) is 19.6. The largest absolute Gasteiger partial charge is 0.293 e. The van der Waals surface area contributed by atoms with Crippen molar-refractivity contribution < 1.29 is 14.4 Å². The molecule has 2 aromatic rings. The summed E-state index contributed by atoms with van der Waals surface area (Å²) in [5, 5.41) is 2.28. The first-order valence-corrected chi connectivity index (χ1v) is 12.1. The van der Waals surface area contributed by atoms with Gasteiger partial charge in [-0.2, -0.15) is 0 Å². The van der Waals surface area contributed by atoms with Gasteiger partial charge in [0, 0.05) is 17.8 Å². The molecular formula is C21H20ClN3O3S3. The lowest BCUT2D eigenvalue weighted by atomic mass is 10.2. The smallest absolute Gasteiger partial charge is 0.271 e. The Bertz CT molecular complexity index is 1010. The molecule has 0 atom stereocenters. The second kappa shape index (κ2) is 11.4. The third kappa shape index (κ3) is 6.64. The van der Waals surface area contributed by atoms with Gasteiger partial charge in [-0.1, -0.05) is 60.2 Å². The van der Waals surface area contributed by atoms with Gasteiger partial charge in [-0.25, -0.2) is 0 Å². The highest BCUT2D eigenvalue weighted by Crippen LogP contribution is 2.33. The fraction of sp³-hybridized carbons (Fsp3) is 0.238. The maximum atomic E-state index is 12.5. The Morgan fingerprint density at radius 1 is 1.10 bits per heavy atom. The number of unbranched alkanes of at least 4 members (excludes halogenated alkanes) is 2. The number of hydrogen-bond donors (Lipinski definition) is 2. The van der Waals surface area contributed by atoms with Crippen LogP contribution in [0.4, 0.5) is 0 Å². The standard InChI is InChI=1S/C21H20ClN3O3S3/c22-16-9-4-3-8-15(16)19(27)24-23-18(26)10-2-1-5-11-25-20(28)17(31-21(25)29)13-14-7-6-12-30-14/h3-4,6-9,12-13H,1-2,5,10-11H2,(H,23,26)(H,24,27)/b17-13+. The van der Waals surface area contributed by atoms with Crippen LogP contribution in [0.15, 0.2) is 46.7 Å². The zero-order valence-electron chi connectivity index (χ0n) is 16.4. The summed E-state index contributed by atoms with van der Waals surface area (Å²) in [6.45, 7) is 0.525. The third-order valence-corrected chi connectivity index (χ3v) is 6.94. The van der Waals surface area contributed by atoms with Crippen LogP contribution < -0.4 is 10.9 Å². The van der Waals surface area contributed by atoms with Crippen LogP contribution in [-0.2, 0) is 9.59 Å². The highest BCUT2D eigenvalue weighted by molar-refractivity contribution is 8.26. The van der Waals surface area contributed by atoms with Crippen LogP contribution in [0.2, 0.25) is 5.02 Å². The molecule has 0 radical (unpaired) electrons. The van der Waals surface area contributed by atoms with Crippen LogP contribution >= 0.6 is 46.9 Å². The number of nitrogens with zero attached hydrogens (tertiary/aromatic N) is 1. The van der Waals surface area contributed by atoms with E-state index in [0.717, 1.165) is 17.7 Å². The van der Waals surface area contributed by atoms with E-state index in [1.807, 2.05) is 23.6 Å². The number of amides is 3. The van der Waals surface area contributed by atoms with Gasteiger partial charge < -0.3 is 0 Å². The van der Waals surface area contributed by atoms with E-state index in [2.05, 4.69) is 10.9 Å². The number of carbonyl (C=O) groups excluding carboxylic acids is 3. The molecule has 1 aliphatic rings. The fourth-order valence-electron chi connectivity index (χ4n) is 2.83. The molecule has 2 N–H and O–H groups in total. The van der Waals surface area contributed by atoms with Crippen molar-refractivity contribution in [3.05, 3.63) is 62.1 Å². The minimum absolute atomic E-state index is 0.0663. The Kier molecular flexibility index (Phi) is 8.65. The zero-order chi connectivity index (χ0) is 22.2. The van der Waals surface area contributed by atoms with Crippen LogP contribution in [0.1, 0.15) is 40.9 Å². The molecule has 0 saturated carbocycles. The van der Waals surface area contributed by atoms with E-state index in [1.54, 1.807) is 40.5 Å². The van der Waals surface area contributed by atoms with Crippen molar-refractivity contribution in [1.82, 2.24) is 15.8 Å². The number of nitrogens with one attached hydrogen (secondary N) is 2. The minimum atomic E-state index is -0.469. The number of halogens is 1. The van der Waals surface area contributed by atoms with Gasteiger partial charge in [-0.05, 0) is 42.5 Å². The molecule has 0 aliphatic carbocycles. The van der Waals surface area contributed by atoms with E-state index in [9.17, 15) is 14.4 Å². The van der Waals surface area contributed by atoms with Gasteiger partial charge in [0.2, 0.25) is 5.91 Å². The average molecular weight is 494 g/mol. The molecule has 3 rings (SSSR count). The van der Waals surface area contributed by atoms with Crippen molar-refractivity contribution in [3.63, 3.8) is 0 Å². The normalized spacial score (nSPS) is 14.9. The van der Waals surface area contributed by atoms with Crippen molar-refractivity contribution in [3.8, 4) is 0 Å². The number of hydrogen-bond acceptors (Lipinski definition) is 6. The maximum Gasteiger partial charge on any atom is 0.271 e. The number of hydrazine groups is 1. The summed E-state index contributed by atoms with van der Waals surface area (Å²) < 4.78 is 0.563. The highest BCUT2D eigenvalue weighted by Gasteiger charge is 2.31. The van der Waals surface area contributed by atoms with Gasteiger partial charge in [-0.3, -0.25) is 30.1 Å². The van der Waals surface area contributed by atoms with Crippen molar-refractivity contribution >= 4 is 75.0 Å². The fourth-order valence-corrected chi connectivity index (χ4v) is 5.08. The van der Waals surface area contributed by atoms with Crippen molar-refractivity contribution in [2.45, 2.75) is 25.7 Å². The van der Waals surface area contributed by atoms with E-state index >= 15 is 0 Å². The minimum Gasteiger partial charge on any atom is -0.293 e. The van der Waals surface area contributed by atoms with E-state index in [1.165, 1.54) is 11.8 Å². The number of thioether (sulfide) groups is 1. The SMILES string of the molecule is O=C(CCCCCN1C(=O)/C(=C\c2cccs2)SC1=S)NNC(=O)c1ccccc1Cl. The van der Waals surface area contributed by atoms with Gasteiger partial charge in [-0.15, -0.1) is 11.3 Å². The topological polar surface area (TPSA) is 78.5 Å². The highest BCUT2D eigenvalue weighted by atomic mass is 35.5. The van der Waals surface area contributed by atoms with Crippen molar-refractivity contribution in [2.24, 2.45) is 0 Å². The summed E-state index contributed by atoms with van der Waals surface area (Å²) in [6.07, 6.45) is 4.25. The predicted molar refractivity (Wildman–Crippen MR) is 130 cm³/mol. The lowest BCUT2D eigenvalue weighted by Gasteiger charge is -2.14. The molecule has 0 spiro atoms.